The molecule has 0 spiro atoms. The second-order valence-corrected chi connectivity index (χ2v) is 12.8. The summed E-state index contributed by atoms with van der Waals surface area (Å²) in [7, 11) is -9.14. The minimum atomic E-state index is -4.85. The van der Waals surface area contributed by atoms with Crippen LogP contribution in [0.2, 0.25) is 5.28 Å². The van der Waals surface area contributed by atoms with E-state index in [0.717, 1.165) is 5.56 Å². The molecule has 1 aromatic carbocycles. The Hall–Kier alpha value is -2.09. The topological polar surface area (TPSA) is 184 Å². The minimum Gasteiger partial charge on any atom is -0.387 e. The van der Waals surface area contributed by atoms with Crippen LogP contribution in [0.15, 0.2) is 42.6 Å². The molecular weight excluding hydrogens is 523 g/mol. The van der Waals surface area contributed by atoms with E-state index in [1.54, 1.807) is 6.07 Å². The lowest BCUT2D eigenvalue weighted by molar-refractivity contribution is -0.0288. The number of anilines is 1. The van der Waals surface area contributed by atoms with Gasteiger partial charge in [-0.25, -0.2) is 13.4 Å². The molecule has 0 aliphatic carbocycles. The summed E-state index contributed by atoms with van der Waals surface area (Å²) in [5.41, 5.74) is -0.119. The first kappa shape index (κ1) is 26.0. The van der Waals surface area contributed by atoms with Gasteiger partial charge in [0.25, 0.3) is 0 Å². The zero-order chi connectivity index (χ0) is 25.5. The largest absolute Gasteiger partial charge is 0.387 e. The van der Waals surface area contributed by atoms with Crippen LogP contribution in [0.25, 0.3) is 11.0 Å². The van der Waals surface area contributed by atoms with Gasteiger partial charge in [0, 0.05) is 12.2 Å². The van der Waals surface area contributed by atoms with Crippen molar-refractivity contribution in [2.24, 2.45) is 0 Å². The van der Waals surface area contributed by atoms with Gasteiger partial charge in [0.1, 0.15) is 29.8 Å². The Balaban J connectivity index is 1.61. The molecule has 1 aliphatic rings. The van der Waals surface area contributed by atoms with Crippen molar-refractivity contribution in [3.05, 3.63) is 53.4 Å². The molecule has 3 aromatic rings. The van der Waals surface area contributed by atoms with E-state index in [-0.39, 0.29) is 17.0 Å². The molecule has 4 rings (SSSR count). The molecule has 3 heterocycles. The fourth-order valence-corrected chi connectivity index (χ4v) is 7.42. The number of hydrogen-bond donors (Lipinski definition) is 5. The average Bonchev–Trinajstić information content (AvgIpc) is 3.28. The van der Waals surface area contributed by atoms with Gasteiger partial charge >= 0.3 is 7.60 Å². The van der Waals surface area contributed by atoms with E-state index in [1.807, 2.05) is 37.3 Å². The molecule has 5 N–H and O–H groups in total. The highest BCUT2D eigenvalue weighted by molar-refractivity contribution is 7.97. The van der Waals surface area contributed by atoms with Gasteiger partial charge in [-0.1, -0.05) is 30.3 Å². The third-order valence-corrected chi connectivity index (χ3v) is 9.52. The number of hydrogen-bond acceptors (Lipinski definition) is 9. The predicted octanol–water partition coefficient (Wildman–Crippen LogP) is 1.43. The predicted molar refractivity (Wildman–Crippen MR) is 128 cm³/mol. The second-order valence-electron chi connectivity index (χ2n) is 8.33. The molecule has 1 fully saturated rings. The summed E-state index contributed by atoms with van der Waals surface area (Å²) >= 11 is 6.15. The van der Waals surface area contributed by atoms with Gasteiger partial charge in [-0.3, -0.25) is 4.57 Å². The number of aliphatic hydroxyl groups is 2. The zero-order valence-corrected chi connectivity index (χ0v) is 20.8. The van der Waals surface area contributed by atoms with Gasteiger partial charge < -0.3 is 34.6 Å². The Bertz CT molecular complexity index is 1370. The Morgan fingerprint density at radius 1 is 1.17 bits per heavy atom. The molecule has 1 saturated heterocycles. The third-order valence-electron chi connectivity index (χ3n) is 5.59. The molecule has 1 unspecified atom stereocenters. The van der Waals surface area contributed by atoms with Crippen LogP contribution < -0.4 is 5.32 Å². The number of ether oxygens (including phenoxy) is 1. The SMILES string of the molecule is C[C@@H](Nc1nc(Cl)nc2c1ccn2[C@@H]1OC(CS(=O)(=O)CP(=O)(O)O)[C@@H](O)[C@H]1O)c1ccccc1. The van der Waals surface area contributed by atoms with Crippen LogP contribution in [-0.2, 0) is 19.1 Å². The van der Waals surface area contributed by atoms with Crippen LogP contribution >= 0.6 is 19.2 Å². The summed E-state index contributed by atoms with van der Waals surface area (Å²) in [6.07, 6.45) is -4.30. The van der Waals surface area contributed by atoms with E-state index in [9.17, 15) is 23.2 Å². The first-order valence-electron chi connectivity index (χ1n) is 10.5. The van der Waals surface area contributed by atoms with Crippen LogP contribution in [0.3, 0.4) is 0 Å². The van der Waals surface area contributed by atoms with Crippen LogP contribution in [0, 0.1) is 0 Å². The highest BCUT2D eigenvalue weighted by Gasteiger charge is 2.46. The molecule has 190 valence electrons. The standard InChI is InChI=1S/C20H24ClN4O8PS/c1-11(12-5-3-2-4-6-12)22-17-13-7-8-25(18(13)24-20(21)23-17)19-16(27)15(26)14(33-19)9-35(31,32)10-34(28,29)30/h2-8,11,14-16,19,26-27H,9-10H2,1H3,(H,22,23,24)(H2,28,29,30)/t11-,14?,15-,16-,19-/m1/s1. The molecule has 5 atom stereocenters. The summed E-state index contributed by atoms with van der Waals surface area (Å²) in [6, 6.07) is 11.2. The van der Waals surface area contributed by atoms with Crippen LogP contribution in [0.1, 0.15) is 24.8 Å². The van der Waals surface area contributed by atoms with Crippen molar-refractivity contribution < 1.29 is 37.7 Å². The molecule has 0 radical (unpaired) electrons. The third kappa shape index (κ3) is 5.84. The number of sulfone groups is 1. The summed E-state index contributed by atoms with van der Waals surface area (Å²) in [5, 5.41) is 24.7. The van der Waals surface area contributed by atoms with Gasteiger partial charge in [-0.15, -0.1) is 0 Å². The van der Waals surface area contributed by atoms with E-state index < -0.39 is 53.2 Å². The number of aliphatic hydroxyl groups excluding tert-OH is 2. The van der Waals surface area contributed by atoms with E-state index in [2.05, 4.69) is 15.3 Å². The normalized spacial score (nSPS) is 24.1. The van der Waals surface area contributed by atoms with Crippen LogP contribution in [0.5, 0.6) is 0 Å². The van der Waals surface area contributed by atoms with Crippen LogP contribution in [-0.4, -0.2) is 72.5 Å². The van der Waals surface area contributed by atoms with Crippen molar-refractivity contribution in [3.63, 3.8) is 0 Å². The van der Waals surface area contributed by atoms with Crippen molar-refractivity contribution in [1.29, 1.82) is 0 Å². The summed E-state index contributed by atoms with van der Waals surface area (Å²) in [5.74, 6) is -0.465. The molecule has 2 aromatic heterocycles. The summed E-state index contributed by atoms with van der Waals surface area (Å²) < 4.78 is 42.4. The minimum absolute atomic E-state index is 0.0889. The number of halogens is 1. The molecule has 15 heteroatoms. The first-order valence-corrected chi connectivity index (χ1v) is 14.5. The van der Waals surface area contributed by atoms with Gasteiger partial charge in [0.2, 0.25) is 5.28 Å². The van der Waals surface area contributed by atoms with E-state index in [0.29, 0.717) is 11.2 Å². The maximum absolute atomic E-state index is 12.2. The van der Waals surface area contributed by atoms with Crippen LogP contribution in [0.4, 0.5) is 5.82 Å². The molecule has 0 saturated carbocycles. The maximum atomic E-state index is 12.2. The number of rotatable bonds is 8. The van der Waals surface area contributed by atoms with Crippen molar-refractivity contribution >= 4 is 45.9 Å². The van der Waals surface area contributed by atoms with E-state index in [1.165, 1.54) is 10.8 Å². The molecule has 0 bridgehead atoms. The fourth-order valence-electron chi connectivity index (χ4n) is 4.01. The Kier molecular flexibility index (Phi) is 7.24. The number of benzene rings is 1. The lowest BCUT2D eigenvalue weighted by atomic mass is 10.1. The molecule has 0 amide bonds. The lowest BCUT2D eigenvalue weighted by Gasteiger charge is -2.19. The Labute approximate surface area is 205 Å². The Morgan fingerprint density at radius 3 is 2.51 bits per heavy atom. The molecular formula is C20H24ClN4O8PS. The number of nitrogens with zero attached hydrogens (tertiary/aromatic N) is 3. The quantitative estimate of drug-likeness (QED) is 0.203. The smallest absolute Gasteiger partial charge is 0.340 e. The zero-order valence-electron chi connectivity index (χ0n) is 18.3. The van der Waals surface area contributed by atoms with Gasteiger partial charge in [-0.2, -0.15) is 4.98 Å². The van der Waals surface area contributed by atoms with Gasteiger partial charge in [0.05, 0.1) is 11.1 Å². The van der Waals surface area contributed by atoms with E-state index in [4.69, 9.17) is 26.1 Å². The number of fused-ring (bicyclic) bond motifs is 1. The maximum Gasteiger partial charge on any atom is 0.340 e. The Morgan fingerprint density at radius 2 is 1.86 bits per heavy atom. The molecule has 35 heavy (non-hydrogen) atoms. The van der Waals surface area contributed by atoms with Crippen molar-refractivity contribution in [2.45, 2.75) is 37.5 Å². The molecule has 12 nitrogen and oxygen atoms in total. The second kappa shape index (κ2) is 9.75. The fraction of sp³-hybridized carbons (Fsp3) is 0.400. The lowest BCUT2D eigenvalue weighted by Crippen LogP contribution is -2.35. The first-order chi connectivity index (χ1) is 16.3. The van der Waals surface area contributed by atoms with Crippen molar-refractivity contribution in [2.75, 3.05) is 16.6 Å². The van der Waals surface area contributed by atoms with E-state index >= 15 is 0 Å². The van der Waals surface area contributed by atoms with Gasteiger partial charge in [-0.05, 0) is 30.2 Å². The highest BCUT2D eigenvalue weighted by atomic mass is 35.5. The van der Waals surface area contributed by atoms with Gasteiger partial charge in [0.15, 0.2) is 21.6 Å². The number of aromatic nitrogens is 3. The summed E-state index contributed by atoms with van der Waals surface area (Å²) in [4.78, 5) is 26.5. The molecule has 1 aliphatic heterocycles. The monoisotopic (exact) mass is 546 g/mol. The highest BCUT2D eigenvalue weighted by Crippen LogP contribution is 2.39. The summed E-state index contributed by atoms with van der Waals surface area (Å²) in [6.45, 7) is 1.94. The number of nitrogens with one attached hydrogen (secondary N) is 1. The average molecular weight is 547 g/mol. The van der Waals surface area contributed by atoms with Crippen molar-refractivity contribution in [1.82, 2.24) is 14.5 Å². The van der Waals surface area contributed by atoms with Crippen molar-refractivity contribution in [3.8, 4) is 0 Å².